The average Bonchev–Trinajstić information content (AvgIpc) is 1.85. The van der Waals surface area contributed by atoms with E-state index in [4.69, 9.17) is 0 Å². The molecule has 1 saturated heterocycles. The molecule has 1 rings (SSSR count). The second kappa shape index (κ2) is 1.58. The molecule has 0 aromatic carbocycles. The normalized spacial score (nSPS) is 20.4. The van der Waals surface area contributed by atoms with Crippen LogP contribution >= 0.6 is 0 Å². The van der Waals surface area contributed by atoms with E-state index in [1.165, 1.54) is 4.90 Å². The maximum absolute atomic E-state index is 10.5. The summed E-state index contributed by atoms with van der Waals surface area (Å²) in [4.78, 5) is 22.3. The number of carbonyl (C=O) groups excluding carboxylic acids is 2. The maximum Gasteiger partial charge on any atom is 0.230 e. The molecule has 1 heterocycles. The Morgan fingerprint density at radius 3 is 2.25 bits per heavy atom. The lowest BCUT2D eigenvalue weighted by atomic mass is 10.3. The highest BCUT2D eigenvalue weighted by atomic mass is 16.2. The monoisotopic (exact) mass is 113 g/mol. The summed E-state index contributed by atoms with van der Waals surface area (Å²) in [5.41, 5.74) is 0. The molecule has 1 fully saturated rings. The summed E-state index contributed by atoms with van der Waals surface area (Å²) in [6, 6.07) is 0. The zero-order chi connectivity index (χ0) is 6.15. The summed E-state index contributed by atoms with van der Waals surface area (Å²) in [5.74, 6) is -0.0347. The van der Waals surface area contributed by atoms with Crippen LogP contribution in [0.25, 0.3) is 0 Å². The fraction of sp³-hybridized carbons (Fsp3) is 0.600. The Labute approximate surface area is 47.3 Å². The minimum absolute atomic E-state index is 0.0255. The van der Waals surface area contributed by atoms with Crippen molar-refractivity contribution in [3.63, 3.8) is 0 Å². The number of rotatable bonds is 0. The summed E-state index contributed by atoms with van der Waals surface area (Å²) < 4.78 is 0. The second-order valence-electron chi connectivity index (χ2n) is 1.97. The van der Waals surface area contributed by atoms with E-state index in [0.717, 1.165) is 0 Å². The highest BCUT2D eigenvalue weighted by Crippen LogP contribution is 2.01. The molecule has 0 aromatic heterocycles. The molecule has 0 N–H and O–H groups in total. The Morgan fingerprint density at radius 2 is 2.12 bits per heavy atom. The van der Waals surface area contributed by atoms with Crippen LogP contribution in [0.5, 0.6) is 0 Å². The van der Waals surface area contributed by atoms with Crippen LogP contribution in [0.2, 0.25) is 0 Å². The van der Waals surface area contributed by atoms with Gasteiger partial charge in [0.05, 0.1) is 13.0 Å². The second-order valence-corrected chi connectivity index (χ2v) is 1.97. The summed E-state index contributed by atoms with van der Waals surface area (Å²) in [6.07, 6.45) is 0.108. The van der Waals surface area contributed by atoms with Gasteiger partial charge in [-0.05, 0) is 0 Å². The third-order valence-corrected chi connectivity index (χ3v) is 1.19. The third-order valence-electron chi connectivity index (χ3n) is 1.19. The summed E-state index contributed by atoms with van der Waals surface area (Å²) >= 11 is 0. The van der Waals surface area contributed by atoms with Crippen molar-refractivity contribution in [3.05, 3.63) is 0 Å². The topological polar surface area (TPSA) is 37.4 Å². The molecule has 1 amide bonds. The van der Waals surface area contributed by atoms with Gasteiger partial charge in [0.2, 0.25) is 5.91 Å². The maximum atomic E-state index is 10.5. The molecular formula is C5H7NO2. The SMILES string of the molecule is CN1CC(=O)CC1=O. The summed E-state index contributed by atoms with van der Waals surface area (Å²) in [6.45, 7) is 0.304. The number of likely N-dealkylation sites (N-methyl/N-ethyl adjacent to an activating group) is 1. The Hall–Kier alpha value is -0.860. The number of hydrogen-bond acceptors (Lipinski definition) is 2. The lowest BCUT2D eigenvalue weighted by molar-refractivity contribution is -0.126. The zero-order valence-electron chi connectivity index (χ0n) is 4.68. The molecular weight excluding hydrogens is 106 g/mol. The van der Waals surface area contributed by atoms with E-state index in [9.17, 15) is 9.59 Å². The Kier molecular flexibility index (Phi) is 1.04. The first kappa shape index (κ1) is 5.28. The first-order valence-electron chi connectivity index (χ1n) is 2.46. The molecule has 0 spiro atoms. The molecule has 0 unspecified atom stereocenters. The molecule has 0 radical (unpaired) electrons. The largest absolute Gasteiger partial charge is 0.338 e. The first-order chi connectivity index (χ1) is 3.70. The Bertz CT molecular complexity index is 141. The van der Waals surface area contributed by atoms with Crippen LogP contribution in [-0.4, -0.2) is 30.2 Å². The summed E-state index contributed by atoms with van der Waals surface area (Å²) in [7, 11) is 1.63. The van der Waals surface area contributed by atoms with Crippen LogP contribution in [0.1, 0.15) is 6.42 Å². The molecule has 0 bridgehead atoms. The first-order valence-corrected chi connectivity index (χ1v) is 2.46. The van der Waals surface area contributed by atoms with Gasteiger partial charge in [-0.1, -0.05) is 0 Å². The Balaban J connectivity index is 2.64. The summed E-state index contributed by atoms with van der Waals surface area (Å²) in [5, 5.41) is 0. The number of amides is 1. The Morgan fingerprint density at radius 1 is 1.50 bits per heavy atom. The van der Waals surface area contributed by atoms with Crippen molar-refractivity contribution in [1.82, 2.24) is 4.90 Å². The minimum atomic E-state index is -0.0602. The van der Waals surface area contributed by atoms with E-state index >= 15 is 0 Å². The number of Topliss-reactive ketones (excluding diaryl/α,β-unsaturated/α-hetero) is 1. The van der Waals surface area contributed by atoms with Crippen molar-refractivity contribution in [1.29, 1.82) is 0 Å². The standard InChI is InChI=1S/C5H7NO2/c1-6-3-4(7)2-5(6)8/h2-3H2,1H3. The molecule has 1 aliphatic heterocycles. The van der Waals surface area contributed by atoms with Crippen molar-refractivity contribution >= 4 is 11.7 Å². The molecule has 0 aliphatic carbocycles. The number of likely N-dealkylation sites (tertiary alicyclic amines) is 1. The third kappa shape index (κ3) is 0.710. The van der Waals surface area contributed by atoms with Crippen molar-refractivity contribution in [2.24, 2.45) is 0 Å². The average molecular weight is 113 g/mol. The smallest absolute Gasteiger partial charge is 0.230 e. The van der Waals surface area contributed by atoms with E-state index in [2.05, 4.69) is 0 Å². The molecule has 3 heteroatoms. The van der Waals surface area contributed by atoms with Crippen molar-refractivity contribution < 1.29 is 9.59 Å². The molecule has 8 heavy (non-hydrogen) atoms. The lowest BCUT2D eigenvalue weighted by Crippen LogP contribution is -2.18. The van der Waals surface area contributed by atoms with Gasteiger partial charge in [-0.2, -0.15) is 0 Å². The van der Waals surface area contributed by atoms with Crippen LogP contribution in [0.4, 0.5) is 0 Å². The van der Waals surface area contributed by atoms with Crippen LogP contribution < -0.4 is 0 Å². The van der Waals surface area contributed by atoms with E-state index in [1.54, 1.807) is 7.05 Å². The van der Waals surface area contributed by atoms with Crippen LogP contribution in [0.3, 0.4) is 0 Å². The minimum Gasteiger partial charge on any atom is -0.338 e. The predicted molar refractivity (Wildman–Crippen MR) is 27.3 cm³/mol. The van der Waals surface area contributed by atoms with Gasteiger partial charge in [-0.25, -0.2) is 0 Å². The number of nitrogens with zero attached hydrogens (tertiary/aromatic N) is 1. The number of hydrogen-bond donors (Lipinski definition) is 0. The quantitative estimate of drug-likeness (QED) is 0.394. The van der Waals surface area contributed by atoms with E-state index in [1.807, 2.05) is 0 Å². The fourth-order valence-electron chi connectivity index (χ4n) is 0.712. The molecule has 1 aliphatic rings. The number of carbonyl (C=O) groups is 2. The van der Waals surface area contributed by atoms with Gasteiger partial charge in [0.25, 0.3) is 0 Å². The molecule has 0 aromatic rings. The van der Waals surface area contributed by atoms with Gasteiger partial charge < -0.3 is 4.90 Å². The lowest BCUT2D eigenvalue weighted by Gasteiger charge is -2.01. The van der Waals surface area contributed by atoms with Gasteiger partial charge in [0.15, 0.2) is 5.78 Å². The zero-order valence-corrected chi connectivity index (χ0v) is 4.68. The van der Waals surface area contributed by atoms with Crippen molar-refractivity contribution in [2.75, 3.05) is 13.6 Å². The highest BCUT2D eigenvalue weighted by Gasteiger charge is 2.23. The van der Waals surface area contributed by atoms with Crippen molar-refractivity contribution in [3.8, 4) is 0 Å². The molecule has 44 valence electrons. The van der Waals surface area contributed by atoms with Crippen molar-refractivity contribution in [2.45, 2.75) is 6.42 Å². The van der Waals surface area contributed by atoms with Crippen LogP contribution in [0.15, 0.2) is 0 Å². The van der Waals surface area contributed by atoms with Gasteiger partial charge in [0.1, 0.15) is 0 Å². The molecule has 0 saturated carbocycles. The number of ketones is 1. The van der Waals surface area contributed by atoms with Gasteiger partial charge >= 0.3 is 0 Å². The van der Waals surface area contributed by atoms with Gasteiger partial charge in [0, 0.05) is 7.05 Å². The molecule has 3 nitrogen and oxygen atoms in total. The van der Waals surface area contributed by atoms with Gasteiger partial charge in [-0.3, -0.25) is 9.59 Å². The van der Waals surface area contributed by atoms with Gasteiger partial charge in [-0.15, -0.1) is 0 Å². The van der Waals surface area contributed by atoms with E-state index in [-0.39, 0.29) is 18.1 Å². The fourth-order valence-corrected chi connectivity index (χ4v) is 0.712. The predicted octanol–water partition coefficient (Wildman–Crippen LogP) is -0.582. The van der Waals surface area contributed by atoms with Crippen LogP contribution in [-0.2, 0) is 9.59 Å². The van der Waals surface area contributed by atoms with E-state index in [0.29, 0.717) is 6.54 Å². The van der Waals surface area contributed by atoms with Crippen LogP contribution in [0, 0.1) is 0 Å². The molecule has 0 atom stereocenters. The van der Waals surface area contributed by atoms with E-state index < -0.39 is 0 Å². The highest BCUT2D eigenvalue weighted by molar-refractivity contribution is 6.05.